The monoisotopic (exact) mass is 280 g/mol. The van der Waals surface area contributed by atoms with Gasteiger partial charge in [0.25, 0.3) is 0 Å². The molecule has 0 radical (unpaired) electrons. The Kier molecular flexibility index (Phi) is 8.64. The van der Waals surface area contributed by atoms with Gasteiger partial charge in [-0.15, -0.1) is 0 Å². The Morgan fingerprint density at radius 3 is 2.15 bits per heavy atom. The molecule has 0 aliphatic rings. The number of amides is 1. The minimum absolute atomic E-state index is 0.403. The summed E-state index contributed by atoms with van der Waals surface area (Å²) in [5, 5.41) is 9.54. The van der Waals surface area contributed by atoms with E-state index in [4.69, 9.17) is 0 Å². The SMILES string of the molecule is CCN(C)CCc1cc(C)c(O)cc1C.CN(C)C=O. The second kappa shape index (κ2) is 9.37. The third kappa shape index (κ3) is 7.14. The van der Waals surface area contributed by atoms with Crippen LogP contribution in [0.2, 0.25) is 0 Å². The van der Waals surface area contributed by atoms with Gasteiger partial charge in [-0.25, -0.2) is 0 Å². The fraction of sp³-hybridized carbons (Fsp3) is 0.562. The summed E-state index contributed by atoms with van der Waals surface area (Å²) in [4.78, 5) is 13.2. The molecule has 4 heteroatoms. The number of aromatic hydroxyl groups is 1. The molecule has 0 unspecified atom stereocenters. The first kappa shape index (κ1) is 18.4. The zero-order valence-corrected chi connectivity index (χ0v) is 13.6. The molecule has 0 fully saturated rings. The van der Waals surface area contributed by atoms with Crippen LogP contribution in [0.5, 0.6) is 5.75 Å². The molecule has 0 aliphatic heterocycles. The fourth-order valence-corrected chi connectivity index (χ4v) is 1.60. The normalized spacial score (nSPS) is 9.95. The van der Waals surface area contributed by atoms with Crippen molar-refractivity contribution < 1.29 is 9.90 Å². The molecule has 114 valence electrons. The molecule has 0 saturated carbocycles. The van der Waals surface area contributed by atoms with Gasteiger partial charge in [0.15, 0.2) is 0 Å². The van der Waals surface area contributed by atoms with Crippen LogP contribution in [0, 0.1) is 13.8 Å². The summed E-state index contributed by atoms with van der Waals surface area (Å²) >= 11 is 0. The average molecular weight is 280 g/mol. The molecular weight excluding hydrogens is 252 g/mol. The highest BCUT2D eigenvalue weighted by molar-refractivity contribution is 5.45. The van der Waals surface area contributed by atoms with Crippen LogP contribution in [-0.4, -0.2) is 55.5 Å². The van der Waals surface area contributed by atoms with Gasteiger partial charge in [-0.05, 0) is 56.6 Å². The van der Waals surface area contributed by atoms with Gasteiger partial charge in [-0.1, -0.05) is 13.0 Å². The van der Waals surface area contributed by atoms with Crippen molar-refractivity contribution >= 4 is 6.41 Å². The molecule has 1 rings (SSSR count). The molecule has 0 atom stereocenters. The summed E-state index contributed by atoms with van der Waals surface area (Å²) in [5.41, 5.74) is 3.49. The van der Waals surface area contributed by atoms with E-state index in [1.807, 2.05) is 13.0 Å². The largest absolute Gasteiger partial charge is 0.508 e. The van der Waals surface area contributed by atoms with Crippen molar-refractivity contribution in [3.05, 3.63) is 28.8 Å². The zero-order valence-electron chi connectivity index (χ0n) is 13.6. The van der Waals surface area contributed by atoms with E-state index in [-0.39, 0.29) is 0 Å². The minimum Gasteiger partial charge on any atom is -0.508 e. The second-order valence-corrected chi connectivity index (χ2v) is 5.28. The van der Waals surface area contributed by atoms with E-state index in [0.29, 0.717) is 5.75 Å². The van der Waals surface area contributed by atoms with Crippen molar-refractivity contribution in [2.24, 2.45) is 0 Å². The lowest BCUT2D eigenvalue weighted by Crippen LogP contribution is -2.20. The predicted molar refractivity (Wildman–Crippen MR) is 84.2 cm³/mol. The number of nitrogens with zero attached hydrogens (tertiary/aromatic N) is 2. The number of likely N-dealkylation sites (N-methyl/N-ethyl adjacent to an activating group) is 1. The summed E-state index contributed by atoms with van der Waals surface area (Å²) in [7, 11) is 5.50. The fourth-order valence-electron chi connectivity index (χ4n) is 1.60. The molecule has 1 N–H and O–H groups in total. The lowest BCUT2D eigenvalue weighted by Gasteiger charge is -2.15. The number of phenolic OH excluding ortho intramolecular Hbond substituents is 1. The van der Waals surface area contributed by atoms with E-state index in [9.17, 15) is 9.90 Å². The average Bonchev–Trinajstić information content (AvgIpc) is 2.41. The number of carbonyl (C=O) groups excluding carboxylic acids is 1. The van der Waals surface area contributed by atoms with E-state index >= 15 is 0 Å². The smallest absolute Gasteiger partial charge is 0.209 e. The number of phenols is 1. The maximum Gasteiger partial charge on any atom is 0.209 e. The van der Waals surface area contributed by atoms with Crippen LogP contribution in [0.3, 0.4) is 0 Å². The molecule has 1 aromatic rings. The van der Waals surface area contributed by atoms with Crippen LogP contribution in [0.1, 0.15) is 23.6 Å². The molecule has 1 amide bonds. The van der Waals surface area contributed by atoms with Gasteiger partial charge >= 0.3 is 0 Å². The molecule has 0 saturated heterocycles. The predicted octanol–water partition coefficient (Wildman–Crippen LogP) is 2.21. The minimum atomic E-state index is 0.403. The van der Waals surface area contributed by atoms with E-state index in [0.717, 1.165) is 31.5 Å². The Morgan fingerprint density at radius 2 is 1.70 bits per heavy atom. The summed E-state index contributed by atoms with van der Waals surface area (Å²) < 4.78 is 0. The number of rotatable bonds is 5. The van der Waals surface area contributed by atoms with Gasteiger partial charge in [0.05, 0.1) is 0 Å². The third-order valence-electron chi connectivity index (χ3n) is 3.17. The Labute approximate surface area is 123 Å². The van der Waals surface area contributed by atoms with Crippen molar-refractivity contribution in [2.45, 2.75) is 27.2 Å². The first-order chi connectivity index (χ1) is 9.31. The number of carbonyl (C=O) groups is 1. The third-order valence-corrected chi connectivity index (χ3v) is 3.17. The van der Waals surface area contributed by atoms with Crippen molar-refractivity contribution in [1.29, 1.82) is 0 Å². The summed E-state index contributed by atoms with van der Waals surface area (Å²) in [6.45, 7) is 8.31. The van der Waals surface area contributed by atoms with E-state index < -0.39 is 0 Å². The second-order valence-electron chi connectivity index (χ2n) is 5.28. The summed E-state index contributed by atoms with van der Waals surface area (Å²) in [6.07, 6.45) is 1.80. The lowest BCUT2D eigenvalue weighted by molar-refractivity contribution is -0.115. The number of hydrogen-bond donors (Lipinski definition) is 1. The Hall–Kier alpha value is -1.55. The topological polar surface area (TPSA) is 43.8 Å². The molecular formula is C16H28N2O2. The Morgan fingerprint density at radius 1 is 1.15 bits per heavy atom. The maximum absolute atomic E-state index is 9.54. The Bertz CT molecular complexity index is 417. The van der Waals surface area contributed by atoms with Crippen molar-refractivity contribution in [1.82, 2.24) is 9.80 Å². The standard InChI is InChI=1S/C13H21NO.C3H7NO/c1-5-14(4)7-6-12-8-11(3)13(15)9-10(12)2;1-4(2)3-5/h8-9,15H,5-7H2,1-4H3;3H,1-2H3. The van der Waals surface area contributed by atoms with Gasteiger partial charge in [0.2, 0.25) is 6.41 Å². The molecule has 0 aliphatic carbocycles. The first-order valence-electron chi connectivity index (χ1n) is 6.91. The van der Waals surface area contributed by atoms with E-state index in [2.05, 4.69) is 31.9 Å². The van der Waals surface area contributed by atoms with Gasteiger partial charge in [0, 0.05) is 20.6 Å². The molecule has 20 heavy (non-hydrogen) atoms. The molecule has 4 nitrogen and oxygen atoms in total. The summed E-state index contributed by atoms with van der Waals surface area (Å²) in [5.74, 6) is 0.403. The van der Waals surface area contributed by atoms with Crippen LogP contribution in [0.15, 0.2) is 12.1 Å². The first-order valence-corrected chi connectivity index (χ1v) is 6.91. The molecule has 1 aromatic carbocycles. The highest BCUT2D eigenvalue weighted by Gasteiger charge is 2.04. The Balaban J connectivity index is 0.000000621. The van der Waals surface area contributed by atoms with Crippen LogP contribution >= 0.6 is 0 Å². The maximum atomic E-state index is 9.54. The van der Waals surface area contributed by atoms with Gasteiger partial charge in [-0.3, -0.25) is 4.79 Å². The lowest BCUT2D eigenvalue weighted by atomic mass is 10.0. The van der Waals surface area contributed by atoms with Crippen LogP contribution in [0.25, 0.3) is 0 Å². The van der Waals surface area contributed by atoms with Crippen molar-refractivity contribution in [3.63, 3.8) is 0 Å². The van der Waals surface area contributed by atoms with Gasteiger partial charge in [-0.2, -0.15) is 0 Å². The summed E-state index contributed by atoms with van der Waals surface area (Å²) in [6, 6.07) is 3.95. The van der Waals surface area contributed by atoms with Gasteiger partial charge < -0.3 is 14.9 Å². The zero-order chi connectivity index (χ0) is 15.7. The quantitative estimate of drug-likeness (QED) is 0.841. The van der Waals surface area contributed by atoms with Crippen molar-refractivity contribution in [2.75, 3.05) is 34.2 Å². The number of benzene rings is 1. The van der Waals surface area contributed by atoms with E-state index in [1.165, 1.54) is 16.0 Å². The number of aryl methyl sites for hydroxylation is 2. The van der Waals surface area contributed by atoms with Crippen molar-refractivity contribution in [3.8, 4) is 5.75 Å². The molecule has 0 spiro atoms. The van der Waals surface area contributed by atoms with E-state index in [1.54, 1.807) is 14.1 Å². The molecule has 0 aromatic heterocycles. The van der Waals surface area contributed by atoms with Crippen LogP contribution in [0.4, 0.5) is 0 Å². The van der Waals surface area contributed by atoms with Gasteiger partial charge in [0.1, 0.15) is 5.75 Å². The number of hydrogen-bond acceptors (Lipinski definition) is 3. The highest BCUT2D eigenvalue weighted by Crippen LogP contribution is 2.21. The molecule has 0 bridgehead atoms. The molecule has 0 heterocycles. The highest BCUT2D eigenvalue weighted by atomic mass is 16.3. The van der Waals surface area contributed by atoms with Crippen LogP contribution in [-0.2, 0) is 11.2 Å². The van der Waals surface area contributed by atoms with Crippen LogP contribution < -0.4 is 0 Å².